The minimum Gasteiger partial charge on any atom is -0.326 e. The molecule has 2 amide bonds. The number of anilines is 2. The zero-order valence-corrected chi connectivity index (χ0v) is 13.2. The average Bonchev–Trinajstić information content (AvgIpc) is 2.87. The van der Waals surface area contributed by atoms with Crippen molar-refractivity contribution in [1.82, 2.24) is 0 Å². The van der Waals surface area contributed by atoms with Gasteiger partial charge in [-0.3, -0.25) is 14.4 Å². The lowest BCUT2D eigenvalue weighted by atomic mass is 10.1. The molecule has 1 aliphatic heterocycles. The Morgan fingerprint density at radius 2 is 2.18 bits per heavy atom. The Hall–Kier alpha value is -1.88. The Balaban J connectivity index is 2.07. The molecular formula is C16H19ClN2O3. The van der Waals surface area contributed by atoms with Crippen molar-refractivity contribution in [3.63, 3.8) is 0 Å². The summed E-state index contributed by atoms with van der Waals surface area (Å²) in [5, 5.41) is 2.33. The van der Waals surface area contributed by atoms with Crippen LogP contribution in [0.2, 0.25) is 0 Å². The quantitative estimate of drug-likeness (QED) is 0.819. The number of hydrogen-bond acceptors (Lipinski definition) is 3. The van der Waals surface area contributed by atoms with E-state index in [1.54, 1.807) is 24.3 Å². The maximum Gasteiger partial charge on any atom is 0.227 e. The van der Waals surface area contributed by atoms with Gasteiger partial charge in [0.05, 0.1) is 5.92 Å². The van der Waals surface area contributed by atoms with E-state index in [2.05, 4.69) is 5.32 Å². The van der Waals surface area contributed by atoms with E-state index in [9.17, 15) is 14.4 Å². The van der Waals surface area contributed by atoms with Crippen molar-refractivity contribution in [2.45, 2.75) is 32.6 Å². The highest BCUT2D eigenvalue weighted by atomic mass is 35.5. The number of halogens is 1. The molecule has 0 radical (unpaired) electrons. The molecule has 1 aromatic rings. The van der Waals surface area contributed by atoms with Gasteiger partial charge in [-0.05, 0) is 36.2 Å². The van der Waals surface area contributed by atoms with Crippen molar-refractivity contribution in [2.24, 2.45) is 5.92 Å². The first kappa shape index (κ1) is 16.5. The van der Waals surface area contributed by atoms with Crippen molar-refractivity contribution >= 4 is 40.0 Å². The molecule has 22 heavy (non-hydrogen) atoms. The Bertz CT molecular complexity index is 589. The predicted molar refractivity (Wildman–Crippen MR) is 85.9 cm³/mol. The number of unbranched alkanes of at least 4 members (excludes halogenated alkanes) is 1. The van der Waals surface area contributed by atoms with Gasteiger partial charge in [-0.25, -0.2) is 0 Å². The summed E-state index contributed by atoms with van der Waals surface area (Å²) >= 11 is 5.48. The van der Waals surface area contributed by atoms with E-state index in [1.165, 1.54) is 4.90 Å². The second-order valence-corrected chi connectivity index (χ2v) is 5.78. The van der Waals surface area contributed by atoms with Crippen molar-refractivity contribution in [1.29, 1.82) is 0 Å². The highest BCUT2D eigenvalue weighted by Crippen LogP contribution is 2.28. The average molecular weight is 323 g/mol. The van der Waals surface area contributed by atoms with Crippen LogP contribution in [0.15, 0.2) is 24.3 Å². The number of carbonyl (C=O) groups is 3. The first-order valence-corrected chi connectivity index (χ1v) is 7.78. The van der Waals surface area contributed by atoms with Gasteiger partial charge in [-0.2, -0.15) is 0 Å². The molecule has 1 heterocycles. The molecule has 0 aliphatic carbocycles. The van der Waals surface area contributed by atoms with E-state index in [0.717, 1.165) is 12.8 Å². The maximum atomic E-state index is 12.0. The molecule has 1 N–H and O–H groups in total. The van der Waals surface area contributed by atoms with Gasteiger partial charge in [-0.15, -0.1) is 0 Å². The fraction of sp³-hybridized carbons (Fsp3) is 0.438. The summed E-state index contributed by atoms with van der Waals surface area (Å²) < 4.78 is 0. The Morgan fingerprint density at radius 3 is 2.82 bits per heavy atom. The third kappa shape index (κ3) is 4.07. The van der Waals surface area contributed by atoms with E-state index in [-0.39, 0.29) is 24.8 Å². The first-order valence-electron chi connectivity index (χ1n) is 7.41. The standard InChI is InChI=1S/C16H19ClN2O3/c1-2-3-7-14(20)18-12-5-4-6-13(9-12)19-10-11(16(17)22)8-15(19)21/h4-6,9,11H,2-3,7-8,10H2,1H3,(H,18,20)/t11-/m1/s1. The van der Waals surface area contributed by atoms with Gasteiger partial charge >= 0.3 is 0 Å². The molecule has 0 aromatic heterocycles. The molecule has 1 atom stereocenters. The summed E-state index contributed by atoms with van der Waals surface area (Å²) in [5.41, 5.74) is 1.31. The fourth-order valence-corrected chi connectivity index (χ4v) is 2.57. The molecule has 1 aromatic carbocycles. The number of amides is 2. The third-order valence-electron chi connectivity index (χ3n) is 3.64. The lowest BCUT2D eigenvalue weighted by Gasteiger charge is -2.17. The Labute approximate surface area is 134 Å². The predicted octanol–water partition coefficient (Wildman–Crippen LogP) is 2.93. The van der Waals surface area contributed by atoms with Gasteiger partial charge in [0.15, 0.2) is 0 Å². The summed E-state index contributed by atoms with van der Waals surface area (Å²) in [6.45, 7) is 2.32. The van der Waals surface area contributed by atoms with E-state index < -0.39 is 11.2 Å². The van der Waals surface area contributed by atoms with Crippen LogP contribution in [0.5, 0.6) is 0 Å². The minimum atomic E-state index is -0.486. The highest BCUT2D eigenvalue weighted by Gasteiger charge is 2.34. The van der Waals surface area contributed by atoms with Gasteiger partial charge in [0.1, 0.15) is 0 Å². The number of rotatable bonds is 6. The normalized spacial score (nSPS) is 17.6. The fourth-order valence-electron chi connectivity index (χ4n) is 2.42. The molecular weight excluding hydrogens is 304 g/mol. The number of nitrogens with one attached hydrogen (secondary N) is 1. The van der Waals surface area contributed by atoms with Crippen LogP contribution in [0.1, 0.15) is 32.6 Å². The van der Waals surface area contributed by atoms with Crippen molar-refractivity contribution in [3.8, 4) is 0 Å². The maximum absolute atomic E-state index is 12.0. The van der Waals surface area contributed by atoms with Gasteiger partial charge in [0.2, 0.25) is 17.1 Å². The van der Waals surface area contributed by atoms with E-state index in [0.29, 0.717) is 17.8 Å². The van der Waals surface area contributed by atoms with Crippen LogP contribution in [0, 0.1) is 5.92 Å². The molecule has 6 heteroatoms. The molecule has 0 unspecified atom stereocenters. The number of nitrogens with zero attached hydrogens (tertiary/aromatic N) is 1. The van der Waals surface area contributed by atoms with Crippen LogP contribution in [0.25, 0.3) is 0 Å². The SMILES string of the molecule is CCCCC(=O)Nc1cccc(N2C[C@H](C(=O)Cl)CC2=O)c1. The number of benzene rings is 1. The lowest BCUT2D eigenvalue weighted by molar-refractivity contribution is -0.120. The summed E-state index contributed by atoms with van der Waals surface area (Å²) in [6, 6.07) is 7.06. The number of hydrogen-bond donors (Lipinski definition) is 1. The highest BCUT2D eigenvalue weighted by molar-refractivity contribution is 6.64. The van der Waals surface area contributed by atoms with Gasteiger partial charge in [0.25, 0.3) is 0 Å². The first-order chi connectivity index (χ1) is 10.5. The Morgan fingerprint density at radius 1 is 1.41 bits per heavy atom. The van der Waals surface area contributed by atoms with Gasteiger partial charge < -0.3 is 10.2 Å². The molecule has 1 fully saturated rings. The summed E-state index contributed by atoms with van der Waals surface area (Å²) in [7, 11) is 0. The smallest absolute Gasteiger partial charge is 0.227 e. The molecule has 0 saturated carbocycles. The van der Waals surface area contributed by atoms with Gasteiger partial charge in [0, 0.05) is 30.8 Å². The molecule has 1 saturated heterocycles. The van der Waals surface area contributed by atoms with E-state index in [1.807, 2.05) is 6.92 Å². The topological polar surface area (TPSA) is 66.5 Å². The van der Waals surface area contributed by atoms with Crippen LogP contribution >= 0.6 is 11.6 Å². The summed E-state index contributed by atoms with van der Waals surface area (Å²) in [4.78, 5) is 36.5. The second-order valence-electron chi connectivity index (χ2n) is 5.41. The summed E-state index contributed by atoms with van der Waals surface area (Å²) in [5.74, 6) is -0.633. The van der Waals surface area contributed by atoms with Crippen LogP contribution in [-0.4, -0.2) is 23.6 Å². The van der Waals surface area contributed by atoms with Crippen molar-refractivity contribution < 1.29 is 14.4 Å². The molecule has 5 nitrogen and oxygen atoms in total. The Kier molecular flexibility index (Phi) is 5.55. The van der Waals surface area contributed by atoms with Crippen LogP contribution in [0.4, 0.5) is 11.4 Å². The molecule has 0 spiro atoms. The van der Waals surface area contributed by atoms with Crippen LogP contribution in [-0.2, 0) is 14.4 Å². The molecule has 1 aliphatic rings. The molecule has 118 valence electrons. The largest absolute Gasteiger partial charge is 0.326 e. The third-order valence-corrected chi connectivity index (χ3v) is 3.95. The molecule has 2 rings (SSSR count). The van der Waals surface area contributed by atoms with Gasteiger partial charge in [-0.1, -0.05) is 19.4 Å². The number of carbonyl (C=O) groups excluding carboxylic acids is 3. The van der Waals surface area contributed by atoms with Crippen molar-refractivity contribution in [2.75, 3.05) is 16.8 Å². The van der Waals surface area contributed by atoms with Crippen molar-refractivity contribution in [3.05, 3.63) is 24.3 Å². The van der Waals surface area contributed by atoms with Crippen LogP contribution < -0.4 is 10.2 Å². The zero-order chi connectivity index (χ0) is 16.1. The zero-order valence-electron chi connectivity index (χ0n) is 12.5. The van der Waals surface area contributed by atoms with E-state index in [4.69, 9.17) is 11.6 Å². The minimum absolute atomic E-state index is 0.0411. The molecule has 0 bridgehead atoms. The monoisotopic (exact) mass is 322 g/mol. The van der Waals surface area contributed by atoms with E-state index >= 15 is 0 Å². The summed E-state index contributed by atoms with van der Waals surface area (Å²) in [6.07, 6.45) is 2.42. The second kappa shape index (κ2) is 7.40. The van der Waals surface area contributed by atoms with Crippen LogP contribution in [0.3, 0.4) is 0 Å². The lowest BCUT2D eigenvalue weighted by Crippen LogP contribution is -2.25.